The zero-order valence-electron chi connectivity index (χ0n) is 9.50. The molecule has 0 aliphatic heterocycles. The number of anilines is 1. The summed E-state index contributed by atoms with van der Waals surface area (Å²) in [5, 5.41) is 1.31. The van der Waals surface area contributed by atoms with Crippen LogP contribution in [0.15, 0.2) is 16.2 Å². The summed E-state index contributed by atoms with van der Waals surface area (Å²) in [6.07, 6.45) is 3.08. The van der Waals surface area contributed by atoms with Gasteiger partial charge in [-0.3, -0.25) is 0 Å². The van der Waals surface area contributed by atoms with Crippen molar-refractivity contribution in [3.8, 4) is 0 Å². The Morgan fingerprint density at radius 2 is 2.18 bits per heavy atom. The van der Waals surface area contributed by atoms with E-state index >= 15 is 0 Å². The normalized spacial score (nSPS) is 11.5. The lowest BCUT2D eigenvalue weighted by Gasteiger charge is -2.05. The van der Waals surface area contributed by atoms with Crippen LogP contribution in [-0.4, -0.2) is 42.4 Å². The van der Waals surface area contributed by atoms with Gasteiger partial charge in [0.05, 0.1) is 5.75 Å². The topological polar surface area (TPSA) is 98.0 Å². The van der Waals surface area contributed by atoms with Crippen LogP contribution in [0.25, 0.3) is 0 Å². The Hall–Kier alpha value is -0.510. The highest BCUT2D eigenvalue weighted by Crippen LogP contribution is 2.21. The zero-order chi connectivity index (χ0) is 12.9. The molecule has 0 atom stereocenters. The molecule has 0 amide bonds. The Morgan fingerprint density at radius 1 is 1.47 bits per heavy atom. The van der Waals surface area contributed by atoms with E-state index in [1.807, 2.05) is 6.26 Å². The minimum atomic E-state index is -2.94. The van der Waals surface area contributed by atoms with Crippen LogP contribution in [0, 0.1) is 0 Å². The molecule has 0 unspecified atom stereocenters. The largest absolute Gasteiger partial charge is 0.308 e. The first-order valence-corrected chi connectivity index (χ1v) is 8.92. The standard InChI is InChI=1S/C8H14N4O2S3/c1-15-8-10-6(12-9)5-7(11-8)16-3-4-17(2,13)14/h5H,3-4,9H2,1-2H3,(H,10,11,12). The molecule has 1 aromatic heterocycles. The monoisotopic (exact) mass is 294 g/mol. The summed E-state index contributed by atoms with van der Waals surface area (Å²) < 4.78 is 22.0. The first kappa shape index (κ1) is 14.6. The van der Waals surface area contributed by atoms with Crippen molar-refractivity contribution in [2.45, 2.75) is 10.2 Å². The van der Waals surface area contributed by atoms with Gasteiger partial charge >= 0.3 is 0 Å². The minimum Gasteiger partial charge on any atom is -0.308 e. The van der Waals surface area contributed by atoms with Crippen LogP contribution in [0.3, 0.4) is 0 Å². The van der Waals surface area contributed by atoms with Crippen molar-refractivity contribution >= 4 is 39.2 Å². The van der Waals surface area contributed by atoms with Gasteiger partial charge in [-0.05, 0) is 6.26 Å². The van der Waals surface area contributed by atoms with Gasteiger partial charge in [-0.1, -0.05) is 11.8 Å². The van der Waals surface area contributed by atoms with Gasteiger partial charge in [0.2, 0.25) is 0 Å². The number of nitrogen functional groups attached to an aromatic ring is 1. The van der Waals surface area contributed by atoms with Gasteiger partial charge in [0.15, 0.2) is 5.16 Å². The molecule has 1 heterocycles. The number of hydrazine groups is 1. The maximum atomic E-state index is 11.0. The third-order valence-corrected chi connectivity index (χ3v) is 4.38. The highest BCUT2D eigenvalue weighted by molar-refractivity contribution is 8.00. The van der Waals surface area contributed by atoms with E-state index in [4.69, 9.17) is 5.84 Å². The van der Waals surface area contributed by atoms with Crippen molar-refractivity contribution in [2.24, 2.45) is 5.84 Å². The Morgan fingerprint density at radius 3 is 2.71 bits per heavy atom. The lowest BCUT2D eigenvalue weighted by molar-refractivity contribution is 0.603. The Kier molecular flexibility index (Phi) is 5.50. The molecule has 1 aromatic rings. The van der Waals surface area contributed by atoms with Gasteiger partial charge in [-0.15, -0.1) is 11.8 Å². The highest BCUT2D eigenvalue weighted by Gasteiger charge is 2.06. The molecule has 9 heteroatoms. The van der Waals surface area contributed by atoms with Crippen LogP contribution in [-0.2, 0) is 9.84 Å². The van der Waals surface area contributed by atoms with Crippen molar-refractivity contribution < 1.29 is 8.42 Å². The van der Waals surface area contributed by atoms with Crippen molar-refractivity contribution in [2.75, 3.05) is 29.4 Å². The van der Waals surface area contributed by atoms with E-state index in [0.29, 0.717) is 21.8 Å². The van der Waals surface area contributed by atoms with Gasteiger partial charge in [0.25, 0.3) is 0 Å². The SMILES string of the molecule is CSc1nc(NN)cc(SCCS(C)(=O)=O)n1. The molecule has 6 nitrogen and oxygen atoms in total. The lowest BCUT2D eigenvalue weighted by Crippen LogP contribution is -2.10. The number of hydrogen-bond donors (Lipinski definition) is 2. The summed E-state index contributed by atoms with van der Waals surface area (Å²) in [4.78, 5) is 8.36. The smallest absolute Gasteiger partial charge is 0.190 e. The molecule has 3 N–H and O–H groups in total. The molecule has 96 valence electrons. The average molecular weight is 294 g/mol. The van der Waals surface area contributed by atoms with E-state index in [2.05, 4.69) is 15.4 Å². The van der Waals surface area contributed by atoms with Crippen LogP contribution < -0.4 is 11.3 Å². The third kappa shape index (κ3) is 5.57. The summed E-state index contributed by atoms with van der Waals surface area (Å²) in [5.41, 5.74) is 2.45. The maximum absolute atomic E-state index is 11.0. The van der Waals surface area contributed by atoms with E-state index in [9.17, 15) is 8.42 Å². The molecular formula is C8H14N4O2S3. The first-order chi connectivity index (χ1) is 7.94. The Balaban J connectivity index is 2.70. The molecular weight excluding hydrogens is 280 g/mol. The average Bonchev–Trinajstić information content (AvgIpc) is 2.26. The molecule has 0 bridgehead atoms. The van der Waals surface area contributed by atoms with E-state index < -0.39 is 9.84 Å². The number of nitrogens with two attached hydrogens (primary N) is 1. The molecule has 0 saturated carbocycles. The van der Waals surface area contributed by atoms with Gasteiger partial charge in [0, 0.05) is 18.1 Å². The number of hydrogen-bond acceptors (Lipinski definition) is 8. The number of nitrogens with one attached hydrogen (secondary N) is 1. The van der Waals surface area contributed by atoms with Gasteiger partial charge in [-0.25, -0.2) is 24.2 Å². The lowest BCUT2D eigenvalue weighted by atomic mass is 10.6. The maximum Gasteiger partial charge on any atom is 0.190 e. The quantitative estimate of drug-likeness (QED) is 0.259. The van der Waals surface area contributed by atoms with Gasteiger partial charge in [-0.2, -0.15) is 0 Å². The van der Waals surface area contributed by atoms with Crippen molar-refractivity contribution in [3.63, 3.8) is 0 Å². The second kappa shape index (κ2) is 6.43. The van der Waals surface area contributed by atoms with Crippen LogP contribution in [0.1, 0.15) is 0 Å². The number of nitrogens with zero attached hydrogens (tertiary/aromatic N) is 2. The predicted octanol–water partition coefficient (Wildman–Crippen LogP) is 0.621. The highest BCUT2D eigenvalue weighted by atomic mass is 32.2. The molecule has 0 spiro atoms. The molecule has 0 aromatic carbocycles. The second-order valence-electron chi connectivity index (χ2n) is 3.20. The number of sulfone groups is 1. The Bertz CT molecular complexity index is 455. The summed E-state index contributed by atoms with van der Waals surface area (Å²) >= 11 is 2.77. The van der Waals surface area contributed by atoms with E-state index in [1.54, 1.807) is 6.07 Å². The first-order valence-electron chi connectivity index (χ1n) is 4.65. The van der Waals surface area contributed by atoms with Gasteiger partial charge in [0.1, 0.15) is 20.7 Å². The molecule has 0 fully saturated rings. The molecule has 0 aliphatic rings. The second-order valence-corrected chi connectivity index (χ2v) is 7.35. The van der Waals surface area contributed by atoms with Crippen LogP contribution in [0.2, 0.25) is 0 Å². The fraction of sp³-hybridized carbons (Fsp3) is 0.500. The molecule has 1 rings (SSSR count). The minimum absolute atomic E-state index is 0.127. The predicted molar refractivity (Wildman–Crippen MR) is 72.1 cm³/mol. The summed E-state index contributed by atoms with van der Waals surface area (Å²) in [5.74, 6) is 6.40. The Labute approximate surface area is 109 Å². The third-order valence-electron chi connectivity index (χ3n) is 1.72. The summed E-state index contributed by atoms with van der Waals surface area (Å²) in [6, 6.07) is 1.69. The van der Waals surface area contributed by atoms with E-state index in [0.717, 1.165) is 0 Å². The van der Waals surface area contributed by atoms with Crippen molar-refractivity contribution in [1.82, 2.24) is 9.97 Å². The van der Waals surface area contributed by atoms with E-state index in [-0.39, 0.29) is 5.75 Å². The summed E-state index contributed by atoms with van der Waals surface area (Å²) in [7, 11) is -2.94. The van der Waals surface area contributed by atoms with Gasteiger partial charge < -0.3 is 5.43 Å². The fourth-order valence-electron chi connectivity index (χ4n) is 0.941. The van der Waals surface area contributed by atoms with Crippen molar-refractivity contribution in [3.05, 3.63) is 6.07 Å². The van der Waals surface area contributed by atoms with Crippen molar-refractivity contribution in [1.29, 1.82) is 0 Å². The number of thioether (sulfide) groups is 2. The molecule has 0 radical (unpaired) electrons. The molecule has 0 saturated heterocycles. The number of aromatic nitrogens is 2. The number of rotatable bonds is 6. The van der Waals surface area contributed by atoms with Crippen LogP contribution >= 0.6 is 23.5 Å². The molecule has 0 aliphatic carbocycles. The molecule has 17 heavy (non-hydrogen) atoms. The zero-order valence-corrected chi connectivity index (χ0v) is 12.0. The van der Waals surface area contributed by atoms with E-state index in [1.165, 1.54) is 29.8 Å². The summed E-state index contributed by atoms with van der Waals surface area (Å²) in [6.45, 7) is 0. The van der Waals surface area contributed by atoms with Crippen LogP contribution in [0.4, 0.5) is 5.82 Å². The fourth-order valence-corrected chi connectivity index (χ4v) is 3.48. The van der Waals surface area contributed by atoms with Crippen LogP contribution in [0.5, 0.6) is 0 Å².